The highest BCUT2D eigenvalue weighted by atomic mass is 16.6. The number of carbonyl (C=O) groups excluding carboxylic acids is 1. The van der Waals surface area contributed by atoms with E-state index in [0.717, 1.165) is 36.4 Å². The summed E-state index contributed by atoms with van der Waals surface area (Å²) in [5.41, 5.74) is 4.51. The molecule has 0 N–H and O–H groups in total. The minimum absolute atomic E-state index is 0.0286. The quantitative estimate of drug-likeness (QED) is 0.261. The van der Waals surface area contributed by atoms with Crippen molar-refractivity contribution in [2.75, 3.05) is 13.1 Å². The molecule has 1 atom stereocenters. The third kappa shape index (κ3) is 5.52. The van der Waals surface area contributed by atoms with Crippen LogP contribution < -0.4 is 5.69 Å². The number of carbonyl (C=O) groups is 1. The molecule has 0 aliphatic carbocycles. The van der Waals surface area contributed by atoms with Crippen molar-refractivity contribution < 1.29 is 9.53 Å². The van der Waals surface area contributed by atoms with Crippen molar-refractivity contribution in [3.8, 4) is 5.69 Å². The summed E-state index contributed by atoms with van der Waals surface area (Å²) < 4.78 is 10.9. The van der Waals surface area contributed by atoms with E-state index in [1.807, 2.05) is 74.9 Å². The molecule has 1 fully saturated rings. The lowest BCUT2D eigenvalue weighted by molar-refractivity contribution is 0.00584. The van der Waals surface area contributed by atoms with Gasteiger partial charge in [0.25, 0.3) is 0 Å². The summed E-state index contributed by atoms with van der Waals surface area (Å²) in [5.74, 6) is 0.390. The Balaban J connectivity index is 1.22. The second kappa shape index (κ2) is 11.1. The van der Waals surface area contributed by atoms with Crippen molar-refractivity contribution in [2.45, 2.75) is 51.8 Å². The van der Waals surface area contributed by atoms with Gasteiger partial charge in [-0.15, -0.1) is 0 Å². The van der Waals surface area contributed by atoms with Crippen LogP contribution in [0.25, 0.3) is 16.9 Å². The Kier molecular flexibility index (Phi) is 7.28. The van der Waals surface area contributed by atoms with Crippen LogP contribution in [0.5, 0.6) is 0 Å². The van der Waals surface area contributed by atoms with E-state index < -0.39 is 5.60 Å². The van der Waals surface area contributed by atoms with E-state index in [1.165, 1.54) is 11.1 Å². The van der Waals surface area contributed by atoms with Gasteiger partial charge in [0, 0.05) is 26.3 Å². The molecule has 0 radical (unpaired) electrons. The Bertz CT molecular complexity index is 1780. The molecule has 0 spiro atoms. The molecular formula is C33H36N6O3. The van der Waals surface area contributed by atoms with Gasteiger partial charge in [0.1, 0.15) is 17.1 Å². The molecule has 2 aromatic carbocycles. The molecule has 9 nitrogen and oxygen atoms in total. The van der Waals surface area contributed by atoms with Crippen LogP contribution in [0.1, 0.15) is 60.7 Å². The first-order valence-corrected chi connectivity index (χ1v) is 14.4. The molecule has 0 saturated carbocycles. The molecule has 4 heterocycles. The van der Waals surface area contributed by atoms with Crippen molar-refractivity contribution in [2.24, 2.45) is 7.05 Å². The van der Waals surface area contributed by atoms with Crippen molar-refractivity contribution in [1.82, 2.24) is 28.6 Å². The molecule has 0 bridgehead atoms. The number of rotatable bonds is 7. The third-order valence-electron chi connectivity index (χ3n) is 7.75. The van der Waals surface area contributed by atoms with Gasteiger partial charge >= 0.3 is 11.7 Å². The molecule has 9 heteroatoms. The number of imidazole rings is 2. The van der Waals surface area contributed by atoms with Crippen molar-refractivity contribution in [3.63, 3.8) is 0 Å². The Labute approximate surface area is 245 Å². The first kappa shape index (κ1) is 27.7. The van der Waals surface area contributed by atoms with Crippen LogP contribution in [0.3, 0.4) is 0 Å². The maximum absolute atomic E-state index is 14.0. The van der Waals surface area contributed by atoms with Gasteiger partial charge in [-0.3, -0.25) is 14.0 Å². The van der Waals surface area contributed by atoms with Crippen molar-refractivity contribution in [3.05, 3.63) is 112 Å². The van der Waals surface area contributed by atoms with E-state index in [-0.39, 0.29) is 17.7 Å². The number of nitrogens with zero attached hydrogens (tertiary/aromatic N) is 6. The molecule has 0 unspecified atom stereocenters. The first-order valence-electron chi connectivity index (χ1n) is 14.4. The van der Waals surface area contributed by atoms with Gasteiger partial charge in [-0.1, -0.05) is 42.5 Å². The number of esters is 1. The first-order chi connectivity index (χ1) is 20.2. The summed E-state index contributed by atoms with van der Waals surface area (Å²) in [4.78, 5) is 38.0. The molecule has 1 aliphatic rings. The van der Waals surface area contributed by atoms with E-state index in [0.29, 0.717) is 24.4 Å². The van der Waals surface area contributed by atoms with Gasteiger partial charge in [-0.25, -0.2) is 19.6 Å². The largest absolute Gasteiger partial charge is 0.455 e. The lowest BCUT2D eigenvalue weighted by Gasteiger charge is -2.20. The second-order valence-corrected chi connectivity index (χ2v) is 12.0. The molecule has 6 rings (SSSR count). The summed E-state index contributed by atoms with van der Waals surface area (Å²) in [6, 6.07) is 22.4. The number of hydrogen-bond acceptors (Lipinski definition) is 6. The van der Waals surface area contributed by atoms with Gasteiger partial charge in [0.15, 0.2) is 5.65 Å². The van der Waals surface area contributed by atoms with Crippen molar-refractivity contribution in [1.29, 1.82) is 0 Å². The zero-order valence-electron chi connectivity index (χ0n) is 24.5. The van der Waals surface area contributed by atoms with Crippen LogP contribution in [-0.4, -0.2) is 53.2 Å². The fraction of sp³-hybridized carbons (Fsp3) is 0.333. The van der Waals surface area contributed by atoms with Gasteiger partial charge in [-0.2, -0.15) is 0 Å². The highest BCUT2D eigenvalue weighted by Crippen LogP contribution is 2.27. The second-order valence-electron chi connectivity index (χ2n) is 12.0. The van der Waals surface area contributed by atoms with Crippen LogP contribution in [0, 0.1) is 0 Å². The number of benzene rings is 2. The van der Waals surface area contributed by atoms with Gasteiger partial charge in [-0.05, 0) is 69.0 Å². The Morgan fingerprint density at radius 3 is 2.45 bits per heavy atom. The molecule has 42 heavy (non-hydrogen) atoms. The zero-order valence-corrected chi connectivity index (χ0v) is 24.5. The normalized spacial score (nSPS) is 15.9. The predicted molar refractivity (Wildman–Crippen MR) is 162 cm³/mol. The Morgan fingerprint density at radius 1 is 0.976 bits per heavy atom. The molecule has 1 saturated heterocycles. The average Bonchev–Trinajstić information content (AvgIpc) is 3.64. The molecule has 216 valence electrons. The minimum atomic E-state index is -0.575. The van der Waals surface area contributed by atoms with Crippen molar-refractivity contribution >= 4 is 17.1 Å². The van der Waals surface area contributed by atoms with Gasteiger partial charge < -0.3 is 9.30 Å². The molecule has 0 amide bonds. The van der Waals surface area contributed by atoms with E-state index >= 15 is 0 Å². The number of likely N-dealkylation sites (tertiary alicyclic amines) is 1. The summed E-state index contributed by atoms with van der Waals surface area (Å²) in [6.45, 7) is 7.60. The fourth-order valence-corrected chi connectivity index (χ4v) is 5.70. The number of ether oxygens (including phenoxy) is 1. The van der Waals surface area contributed by atoms with Crippen LogP contribution in [-0.2, 0) is 24.8 Å². The number of aromatic nitrogens is 5. The van der Waals surface area contributed by atoms with Crippen LogP contribution in [0.4, 0.5) is 0 Å². The van der Waals surface area contributed by atoms with E-state index in [1.54, 1.807) is 21.5 Å². The number of hydrogen-bond donors (Lipinski definition) is 0. The smallest absolute Gasteiger partial charge is 0.357 e. The summed E-state index contributed by atoms with van der Waals surface area (Å²) in [6.07, 6.45) is 4.97. The maximum atomic E-state index is 14.0. The van der Waals surface area contributed by atoms with Gasteiger partial charge in [0.2, 0.25) is 0 Å². The number of pyridine rings is 1. The molecule has 1 aliphatic heterocycles. The number of fused-ring (bicyclic) bond motifs is 1. The zero-order chi connectivity index (χ0) is 29.4. The lowest BCUT2D eigenvalue weighted by atomic mass is 10.0. The van der Waals surface area contributed by atoms with E-state index in [4.69, 9.17) is 4.74 Å². The fourth-order valence-electron chi connectivity index (χ4n) is 5.70. The topological polar surface area (TPSA) is 87.2 Å². The highest BCUT2D eigenvalue weighted by molar-refractivity contribution is 5.87. The van der Waals surface area contributed by atoms with E-state index in [2.05, 4.69) is 39.1 Å². The minimum Gasteiger partial charge on any atom is -0.455 e. The molecule has 3 aromatic heterocycles. The average molecular weight is 565 g/mol. The SMILES string of the molecule is Cn1c(C(=O)OC(C)(C)C)cnc1CN1CC[C@H](n2c(=O)n(-c3ccc(Cc4ccccc4)cc3)c3cccnc32)C1. The van der Waals surface area contributed by atoms with Crippen LogP contribution in [0.15, 0.2) is 83.9 Å². The van der Waals surface area contributed by atoms with Crippen LogP contribution >= 0.6 is 0 Å². The maximum Gasteiger partial charge on any atom is 0.357 e. The summed E-state index contributed by atoms with van der Waals surface area (Å²) in [5, 5.41) is 0. The Hall–Kier alpha value is -4.50. The van der Waals surface area contributed by atoms with Gasteiger partial charge in [0.05, 0.1) is 30.0 Å². The van der Waals surface area contributed by atoms with Crippen LogP contribution in [0.2, 0.25) is 0 Å². The summed E-state index contributed by atoms with van der Waals surface area (Å²) >= 11 is 0. The predicted octanol–water partition coefficient (Wildman–Crippen LogP) is 4.91. The standard InChI is InChI=1S/C33H36N6O3/c1-33(2,3)42-31(40)28-20-35-29(36(28)4)22-37-18-16-26(21-37)39-30-27(11-8-17-34-30)38(32(39)41)25-14-12-24(13-15-25)19-23-9-6-5-7-10-23/h5-15,17,20,26H,16,18-19,21-22H2,1-4H3/t26-/m0/s1. The lowest BCUT2D eigenvalue weighted by Crippen LogP contribution is -2.29. The highest BCUT2D eigenvalue weighted by Gasteiger charge is 2.30. The monoisotopic (exact) mass is 564 g/mol. The molecular weight excluding hydrogens is 528 g/mol. The summed E-state index contributed by atoms with van der Waals surface area (Å²) in [7, 11) is 1.84. The third-order valence-corrected chi connectivity index (χ3v) is 7.75. The van der Waals surface area contributed by atoms with E-state index in [9.17, 15) is 9.59 Å². The molecule has 5 aromatic rings. The Morgan fingerprint density at radius 2 is 1.71 bits per heavy atom.